The van der Waals surface area contributed by atoms with Crippen LogP contribution in [0.5, 0.6) is 0 Å². The van der Waals surface area contributed by atoms with Gasteiger partial charge in [-0.05, 0) is 0 Å². The Morgan fingerprint density at radius 3 is 1.75 bits per heavy atom. The van der Waals surface area contributed by atoms with Crippen molar-refractivity contribution >= 4 is 28.5 Å². The van der Waals surface area contributed by atoms with Crippen molar-refractivity contribution in [1.29, 1.82) is 0 Å². The predicted octanol–water partition coefficient (Wildman–Crippen LogP) is -1.53. The Hall–Kier alpha value is 0.826. The van der Waals surface area contributed by atoms with Crippen LogP contribution < -0.4 is 0 Å². The second-order valence-corrected chi connectivity index (χ2v) is 0.316. The first-order valence-corrected chi connectivity index (χ1v) is 1.48. The van der Waals surface area contributed by atoms with Crippen molar-refractivity contribution in [3.63, 3.8) is 0 Å². The summed E-state index contributed by atoms with van der Waals surface area (Å²) >= 11 is 0. The Morgan fingerprint density at radius 1 is 1.75 bits per heavy atom. The van der Waals surface area contributed by atoms with Crippen LogP contribution >= 0.6 is 8.69 Å². The first-order chi connectivity index (χ1) is 1.41. The van der Waals surface area contributed by atoms with Crippen LogP contribution in [0.15, 0.2) is 0 Å². The van der Waals surface area contributed by atoms with Gasteiger partial charge in [0, 0.05) is 0 Å². The van der Waals surface area contributed by atoms with Gasteiger partial charge in [-0.1, -0.05) is 0 Å². The van der Waals surface area contributed by atoms with Gasteiger partial charge in [-0.2, -0.15) is 0 Å². The zero-order valence-corrected chi connectivity index (χ0v) is 2.59. The molecule has 1 N–H and O–H groups in total. The third kappa shape index (κ3) is 13.8. The summed E-state index contributed by atoms with van der Waals surface area (Å²) in [5.41, 5.74) is 0. The molecule has 0 aliphatic rings. The topological polar surface area (TPSA) is 37.3 Å². The molecule has 0 amide bonds. The maximum absolute atomic E-state index is 8.57. The van der Waals surface area contributed by atoms with Crippen molar-refractivity contribution in [2.45, 2.75) is 0 Å². The fourth-order valence-corrected chi connectivity index (χ4v) is 0. The molecule has 4 heteroatoms. The number of rotatable bonds is 0. The summed E-state index contributed by atoms with van der Waals surface area (Å²) in [7, 11) is -1.50. The zero-order valence-electron chi connectivity index (χ0n) is 1.43. The van der Waals surface area contributed by atoms with Crippen LogP contribution in [-0.2, 0) is 4.57 Å². The van der Waals surface area contributed by atoms with Gasteiger partial charge in [0.05, 0.1) is 0 Å². The third-order valence-corrected chi connectivity index (χ3v) is 0. The normalized spacial score (nSPS) is 7.25. The van der Waals surface area contributed by atoms with Crippen LogP contribution in [-0.4, -0.2) is 24.7 Å². The van der Waals surface area contributed by atoms with Crippen LogP contribution in [0, 0.1) is 0 Å². The summed E-state index contributed by atoms with van der Waals surface area (Å²) in [5, 5.41) is 0. The summed E-state index contributed by atoms with van der Waals surface area (Å²) in [6, 6.07) is 0. The van der Waals surface area contributed by atoms with E-state index in [0.29, 0.717) is 0 Å². The van der Waals surface area contributed by atoms with E-state index in [2.05, 4.69) is 0 Å². The Balaban J connectivity index is 0. The van der Waals surface area contributed by atoms with E-state index in [1.54, 1.807) is 0 Å². The Labute approximate surface area is 38.6 Å². The standard InChI is InChI=1S/Ga.H3O2P.3H/c;1-3-2;;;/h;3H2,(H,1,2);;;. The van der Waals surface area contributed by atoms with Gasteiger partial charge in [-0.3, -0.25) is 4.57 Å². The van der Waals surface area contributed by atoms with Gasteiger partial charge in [0.25, 0.3) is 0 Å². The molecular formula is H6GaO2P. The molecule has 1 unspecified atom stereocenters. The van der Waals surface area contributed by atoms with Crippen LogP contribution in [0.25, 0.3) is 0 Å². The first-order valence-electron chi connectivity index (χ1n) is 0.494. The van der Waals surface area contributed by atoms with Crippen molar-refractivity contribution < 1.29 is 9.46 Å². The fraction of sp³-hybridized carbons (Fsp3) is 0. The van der Waals surface area contributed by atoms with E-state index in [-0.39, 0.29) is 19.8 Å². The summed E-state index contributed by atoms with van der Waals surface area (Å²) in [6.45, 7) is 0. The zero-order chi connectivity index (χ0) is 2.71. The molecule has 0 saturated heterocycles. The molecule has 0 aliphatic heterocycles. The molecule has 0 radical (unpaired) electrons. The Morgan fingerprint density at radius 2 is 1.75 bits per heavy atom. The Kier molecular flexibility index (Phi) is 20.3. The minimum absolute atomic E-state index is 0. The summed E-state index contributed by atoms with van der Waals surface area (Å²) in [6.07, 6.45) is 0. The quantitative estimate of drug-likeness (QED) is 0.326. The first kappa shape index (κ1) is 8.85. The van der Waals surface area contributed by atoms with E-state index in [1.165, 1.54) is 0 Å². The van der Waals surface area contributed by atoms with Crippen LogP contribution in [0.2, 0.25) is 0 Å². The second-order valence-electron chi connectivity index (χ2n) is 0.105. The van der Waals surface area contributed by atoms with Gasteiger partial charge in [-0.15, -0.1) is 0 Å². The molecule has 26 valence electrons. The van der Waals surface area contributed by atoms with E-state index >= 15 is 0 Å². The van der Waals surface area contributed by atoms with Crippen LogP contribution in [0.3, 0.4) is 0 Å². The molecule has 4 heavy (non-hydrogen) atoms. The molecular weight excluding hydrogens is 133 g/mol. The Bertz CT molecular complexity index is 13.5. The van der Waals surface area contributed by atoms with E-state index in [1.807, 2.05) is 0 Å². The summed E-state index contributed by atoms with van der Waals surface area (Å²) < 4.78 is 8.57. The SMILES string of the molecule is O=[PH2]O.[GaH3]. The van der Waals surface area contributed by atoms with E-state index in [0.717, 1.165) is 0 Å². The molecule has 0 saturated carbocycles. The summed E-state index contributed by atoms with van der Waals surface area (Å²) in [5.74, 6) is 0. The third-order valence-electron chi connectivity index (χ3n) is 0. The predicted molar refractivity (Wildman–Crippen MR) is 22.6 cm³/mol. The van der Waals surface area contributed by atoms with Gasteiger partial charge in [0.2, 0.25) is 0 Å². The molecule has 0 aromatic rings. The molecule has 0 aromatic carbocycles. The van der Waals surface area contributed by atoms with E-state index < -0.39 is 8.69 Å². The van der Waals surface area contributed by atoms with Gasteiger partial charge in [-0.25, -0.2) is 0 Å². The van der Waals surface area contributed by atoms with Crippen molar-refractivity contribution in [3.8, 4) is 0 Å². The molecule has 0 spiro atoms. The summed E-state index contributed by atoms with van der Waals surface area (Å²) in [4.78, 5) is 7.10. The average molecular weight is 139 g/mol. The van der Waals surface area contributed by atoms with Crippen molar-refractivity contribution in [3.05, 3.63) is 0 Å². The van der Waals surface area contributed by atoms with Crippen molar-refractivity contribution in [2.24, 2.45) is 0 Å². The van der Waals surface area contributed by atoms with Gasteiger partial charge in [0.1, 0.15) is 0 Å². The molecule has 1 atom stereocenters. The molecule has 0 bridgehead atoms. The molecule has 0 heterocycles. The molecule has 0 aliphatic carbocycles. The minimum atomic E-state index is -1.50. The molecule has 0 rings (SSSR count). The number of hydrogen-bond acceptors (Lipinski definition) is 1. The fourth-order valence-electron chi connectivity index (χ4n) is 0. The maximum atomic E-state index is 8.57. The van der Waals surface area contributed by atoms with Crippen molar-refractivity contribution in [1.82, 2.24) is 0 Å². The average Bonchev–Trinajstić information content (AvgIpc) is 0.918. The molecule has 2 nitrogen and oxygen atoms in total. The van der Waals surface area contributed by atoms with E-state index in [4.69, 9.17) is 9.46 Å². The number of hydrogen-bond donors (Lipinski definition) is 1. The molecule has 0 fully saturated rings. The van der Waals surface area contributed by atoms with Crippen molar-refractivity contribution in [2.75, 3.05) is 0 Å². The molecule has 0 aromatic heterocycles. The van der Waals surface area contributed by atoms with Crippen LogP contribution in [0.4, 0.5) is 0 Å². The van der Waals surface area contributed by atoms with Crippen LogP contribution in [0.1, 0.15) is 0 Å². The monoisotopic (exact) mass is 138 g/mol. The van der Waals surface area contributed by atoms with Gasteiger partial charge in [0.15, 0.2) is 8.69 Å². The van der Waals surface area contributed by atoms with E-state index in [9.17, 15) is 0 Å². The van der Waals surface area contributed by atoms with Gasteiger partial charge < -0.3 is 4.89 Å². The van der Waals surface area contributed by atoms with Gasteiger partial charge >= 0.3 is 19.8 Å². The second kappa shape index (κ2) is 9.16.